The summed E-state index contributed by atoms with van der Waals surface area (Å²) in [6.07, 6.45) is 6.30. The molecule has 2 saturated heterocycles. The Bertz CT molecular complexity index is 1020. The van der Waals surface area contributed by atoms with Gasteiger partial charge < -0.3 is 19.5 Å². The van der Waals surface area contributed by atoms with Crippen molar-refractivity contribution in [3.63, 3.8) is 0 Å². The Morgan fingerprint density at radius 2 is 2.00 bits per heavy atom. The van der Waals surface area contributed by atoms with E-state index in [-0.39, 0.29) is 24.0 Å². The van der Waals surface area contributed by atoms with Crippen LogP contribution < -0.4 is 10.2 Å². The number of benzene rings is 1. The second kappa shape index (κ2) is 8.16. The van der Waals surface area contributed by atoms with Crippen molar-refractivity contribution in [1.82, 2.24) is 14.9 Å². The van der Waals surface area contributed by atoms with Crippen LogP contribution in [0.2, 0.25) is 0 Å². The molecule has 1 aromatic carbocycles. The average molecular weight is 423 g/mol. The summed E-state index contributed by atoms with van der Waals surface area (Å²) in [6, 6.07) is 16.3. The highest BCUT2D eigenvalue weighted by Gasteiger charge is 2.42. The highest BCUT2D eigenvalue weighted by atomic mass is 32.1. The molecule has 2 aliphatic heterocycles. The lowest BCUT2D eigenvalue weighted by molar-refractivity contribution is 0.0961. The van der Waals surface area contributed by atoms with Gasteiger partial charge in [0.15, 0.2) is 5.11 Å². The van der Waals surface area contributed by atoms with Crippen LogP contribution in [0.4, 0.5) is 10.1 Å². The zero-order valence-corrected chi connectivity index (χ0v) is 17.3. The molecule has 154 valence electrons. The summed E-state index contributed by atoms with van der Waals surface area (Å²) < 4.78 is 21.7. The maximum absolute atomic E-state index is 13.6. The maximum atomic E-state index is 13.6. The largest absolute Gasteiger partial charge is 0.376 e. The summed E-state index contributed by atoms with van der Waals surface area (Å²) >= 11 is 5.73. The van der Waals surface area contributed by atoms with E-state index in [1.807, 2.05) is 18.2 Å². The molecule has 0 amide bonds. The van der Waals surface area contributed by atoms with Crippen molar-refractivity contribution < 1.29 is 9.13 Å². The summed E-state index contributed by atoms with van der Waals surface area (Å²) in [5, 5.41) is 4.05. The number of nitrogens with one attached hydrogen (secondary N) is 1. The predicted octanol–water partition coefficient (Wildman–Crippen LogP) is 4.38. The molecule has 2 fully saturated rings. The normalized spacial score (nSPS) is 23.7. The molecule has 3 aromatic rings. The van der Waals surface area contributed by atoms with E-state index in [0.29, 0.717) is 5.11 Å². The fourth-order valence-corrected chi connectivity index (χ4v) is 4.75. The van der Waals surface area contributed by atoms with Gasteiger partial charge in [0, 0.05) is 36.9 Å². The van der Waals surface area contributed by atoms with E-state index < -0.39 is 0 Å². The topological polar surface area (TPSA) is 42.3 Å². The number of rotatable bonds is 5. The Kier molecular flexibility index (Phi) is 5.23. The average Bonchev–Trinajstić information content (AvgIpc) is 3.50. The van der Waals surface area contributed by atoms with Gasteiger partial charge in [0.1, 0.15) is 11.9 Å². The lowest BCUT2D eigenvalue weighted by atomic mass is 10.0. The third kappa shape index (κ3) is 3.59. The van der Waals surface area contributed by atoms with Crippen LogP contribution in [0.1, 0.15) is 36.3 Å². The Balaban J connectivity index is 1.57. The molecule has 4 heterocycles. The van der Waals surface area contributed by atoms with Crippen LogP contribution in [0.3, 0.4) is 0 Å². The van der Waals surface area contributed by atoms with Gasteiger partial charge in [-0.15, -0.1) is 0 Å². The molecule has 2 aliphatic rings. The minimum absolute atomic E-state index is 0.116. The molecule has 5 nitrogen and oxygen atoms in total. The van der Waals surface area contributed by atoms with Crippen molar-refractivity contribution in [3.8, 4) is 0 Å². The van der Waals surface area contributed by atoms with Crippen molar-refractivity contribution >= 4 is 23.0 Å². The van der Waals surface area contributed by atoms with Crippen LogP contribution >= 0.6 is 12.2 Å². The second-order valence-corrected chi connectivity index (χ2v) is 8.08. The summed E-state index contributed by atoms with van der Waals surface area (Å²) in [5.41, 5.74) is 2.89. The number of pyridine rings is 1. The van der Waals surface area contributed by atoms with Crippen LogP contribution in [-0.4, -0.2) is 27.4 Å². The van der Waals surface area contributed by atoms with Crippen LogP contribution in [0, 0.1) is 5.82 Å². The molecule has 30 heavy (non-hydrogen) atoms. The first kappa shape index (κ1) is 19.2. The van der Waals surface area contributed by atoms with Gasteiger partial charge in [-0.2, -0.15) is 0 Å². The molecule has 5 rings (SSSR count). The van der Waals surface area contributed by atoms with E-state index in [9.17, 15) is 4.39 Å². The Morgan fingerprint density at radius 3 is 2.73 bits per heavy atom. The van der Waals surface area contributed by atoms with E-state index in [1.165, 1.54) is 12.1 Å². The minimum atomic E-state index is -0.267. The van der Waals surface area contributed by atoms with Crippen molar-refractivity contribution in [1.29, 1.82) is 0 Å². The third-order valence-corrected chi connectivity index (χ3v) is 6.11. The third-order valence-electron chi connectivity index (χ3n) is 5.79. The SMILES string of the molecule is Fc1ccc(N2C(=S)N[C@@H](c3ccccn3)[C@H]2c2cccn2C[C@@H]2CCCO2)cc1. The monoisotopic (exact) mass is 422 g/mol. The van der Waals surface area contributed by atoms with E-state index in [0.717, 1.165) is 43.1 Å². The first-order valence-corrected chi connectivity index (χ1v) is 10.6. The van der Waals surface area contributed by atoms with Gasteiger partial charge in [0.2, 0.25) is 0 Å². The molecule has 7 heteroatoms. The van der Waals surface area contributed by atoms with Crippen LogP contribution in [0.5, 0.6) is 0 Å². The summed E-state index contributed by atoms with van der Waals surface area (Å²) in [4.78, 5) is 6.65. The molecule has 0 aliphatic carbocycles. The van der Waals surface area contributed by atoms with Gasteiger partial charge in [0.05, 0.1) is 17.8 Å². The first-order chi connectivity index (χ1) is 14.7. The van der Waals surface area contributed by atoms with Crippen LogP contribution in [0.25, 0.3) is 0 Å². The lowest BCUT2D eigenvalue weighted by Gasteiger charge is -2.29. The number of halogens is 1. The van der Waals surface area contributed by atoms with E-state index in [1.54, 1.807) is 18.3 Å². The van der Waals surface area contributed by atoms with E-state index in [4.69, 9.17) is 17.0 Å². The number of aromatic nitrogens is 2. The fraction of sp³-hybridized carbons (Fsp3) is 0.304. The van der Waals surface area contributed by atoms with Gasteiger partial charge in [0.25, 0.3) is 0 Å². The number of anilines is 1. The molecular formula is C23H23FN4OS. The van der Waals surface area contributed by atoms with E-state index >= 15 is 0 Å². The molecule has 0 spiro atoms. The van der Waals surface area contributed by atoms with Crippen LogP contribution in [-0.2, 0) is 11.3 Å². The second-order valence-electron chi connectivity index (χ2n) is 7.69. The number of nitrogens with zero attached hydrogens (tertiary/aromatic N) is 3. The Labute approximate surface area is 180 Å². The minimum Gasteiger partial charge on any atom is -0.376 e. The molecule has 3 atom stereocenters. The van der Waals surface area contributed by atoms with Crippen LogP contribution in [0.15, 0.2) is 67.0 Å². The van der Waals surface area contributed by atoms with Gasteiger partial charge in [-0.25, -0.2) is 4.39 Å². The Morgan fingerprint density at radius 1 is 1.13 bits per heavy atom. The zero-order chi connectivity index (χ0) is 20.5. The fourth-order valence-electron chi connectivity index (χ4n) is 4.40. The maximum Gasteiger partial charge on any atom is 0.174 e. The van der Waals surface area contributed by atoms with Crippen molar-refractivity contribution in [2.45, 2.75) is 37.6 Å². The highest BCUT2D eigenvalue weighted by Crippen LogP contribution is 2.41. The summed E-state index contributed by atoms with van der Waals surface area (Å²) in [6.45, 7) is 1.63. The van der Waals surface area contributed by atoms with Gasteiger partial charge >= 0.3 is 0 Å². The van der Waals surface area contributed by atoms with Gasteiger partial charge in [-0.3, -0.25) is 4.98 Å². The zero-order valence-electron chi connectivity index (χ0n) is 16.4. The summed E-state index contributed by atoms with van der Waals surface area (Å²) in [5.74, 6) is -0.267. The molecule has 1 N–H and O–H groups in total. The number of ether oxygens (including phenoxy) is 1. The van der Waals surface area contributed by atoms with Crippen molar-refractivity contribution in [2.75, 3.05) is 11.5 Å². The summed E-state index contributed by atoms with van der Waals surface area (Å²) in [7, 11) is 0. The standard InChI is InChI=1S/C23H23FN4OS/c24-16-8-10-17(11-9-16)28-22(21(26-23(28)30)19-6-1-2-12-25-19)20-7-3-13-27(20)15-18-5-4-14-29-18/h1-3,6-13,18,21-22H,4-5,14-15H2,(H,26,30)/t18-,21-,22+/m0/s1. The number of thiocarbonyl (C=S) groups is 1. The van der Waals surface area contributed by atoms with E-state index in [2.05, 4.69) is 38.1 Å². The van der Waals surface area contributed by atoms with Crippen molar-refractivity contribution in [3.05, 3.63) is 84.2 Å². The first-order valence-electron chi connectivity index (χ1n) is 10.2. The molecule has 0 saturated carbocycles. The number of hydrogen-bond acceptors (Lipinski definition) is 3. The molecule has 0 radical (unpaired) electrons. The van der Waals surface area contributed by atoms with Gasteiger partial charge in [-0.05, 0) is 73.6 Å². The Hall–Kier alpha value is -2.77. The highest BCUT2D eigenvalue weighted by molar-refractivity contribution is 7.80. The van der Waals surface area contributed by atoms with Gasteiger partial charge in [-0.1, -0.05) is 6.07 Å². The smallest absolute Gasteiger partial charge is 0.174 e. The molecule has 0 bridgehead atoms. The van der Waals surface area contributed by atoms with Crippen molar-refractivity contribution in [2.24, 2.45) is 0 Å². The predicted molar refractivity (Wildman–Crippen MR) is 118 cm³/mol. The molecule has 2 aromatic heterocycles. The molecular weight excluding hydrogens is 399 g/mol. The lowest BCUT2D eigenvalue weighted by Crippen LogP contribution is -2.31. The quantitative estimate of drug-likeness (QED) is 0.618. The molecule has 0 unspecified atom stereocenters. The number of hydrogen-bond donors (Lipinski definition) is 1.